The van der Waals surface area contributed by atoms with Gasteiger partial charge in [-0.15, -0.1) is 0 Å². The van der Waals surface area contributed by atoms with Crippen LogP contribution in [-0.2, 0) is 0 Å². The quantitative estimate of drug-likeness (QED) is 0.851. The van der Waals surface area contributed by atoms with Crippen LogP contribution >= 0.6 is 0 Å². The zero-order chi connectivity index (χ0) is 15.2. The third-order valence-electron chi connectivity index (χ3n) is 3.76. The molecule has 0 heterocycles. The molecule has 0 aliphatic carbocycles. The van der Waals surface area contributed by atoms with Crippen LogP contribution < -0.4 is 10.1 Å². The molecule has 21 heavy (non-hydrogen) atoms. The van der Waals surface area contributed by atoms with E-state index in [1.165, 1.54) is 22.3 Å². The number of benzene rings is 2. The molecule has 0 bridgehead atoms. The van der Waals surface area contributed by atoms with Crippen molar-refractivity contribution in [2.45, 2.75) is 33.7 Å². The van der Waals surface area contributed by atoms with Crippen molar-refractivity contribution < 1.29 is 4.74 Å². The SMILES string of the molecule is CCNC(COc1cc(C)ccc1C)c1ccccc1C. The summed E-state index contributed by atoms with van der Waals surface area (Å²) >= 11 is 0. The molecule has 0 amide bonds. The Labute approximate surface area is 128 Å². The van der Waals surface area contributed by atoms with E-state index in [9.17, 15) is 0 Å². The van der Waals surface area contributed by atoms with E-state index < -0.39 is 0 Å². The van der Waals surface area contributed by atoms with Crippen molar-refractivity contribution >= 4 is 0 Å². The molecule has 0 fully saturated rings. The number of rotatable bonds is 6. The average Bonchev–Trinajstić information content (AvgIpc) is 2.47. The van der Waals surface area contributed by atoms with Crippen LogP contribution in [0.15, 0.2) is 42.5 Å². The van der Waals surface area contributed by atoms with Gasteiger partial charge in [-0.1, -0.05) is 43.3 Å². The average molecular weight is 283 g/mol. The maximum Gasteiger partial charge on any atom is 0.122 e. The number of likely N-dealkylation sites (N-methyl/N-ethyl adjacent to an activating group) is 1. The predicted octanol–water partition coefficient (Wildman–Crippen LogP) is 4.34. The summed E-state index contributed by atoms with van der Waals surface area (Å²) in [4.78, 5) is 0. The monoisotopic (exact) mass is 283 g/mol. The molecule has 0 aromatic heterocycles. The van der Waals surface area contributed by atoms with Crippen LogP contribution in [-0.4, -0.2) is 13.2 Å². The van der Waals surface area contributed by atoms with Crippen molar-refractivity contribution in [3.8, 4) is 5.75 Å². The second-order valence-corrected chi connectivity index (χ2v) is 5.55. The van der Waals surface area contributed by atoms with Gasteiger partial charge in [0.2, 0.25) is 0 Å². The topological polar surface area (TPSA) is 21.3 Å². The Morgan fingerprint density at radius 2 is 1.76 bits per heavy atom. The summed E-state index contributed by atoms with van der Waals surface area (Å²) in [5.74, 6) is 0.978. The lowest BCUT2D eigenvalue weighted by molar-refractivity contribution is 0.266. The number of hydrogen-bond donors (Lipinski definition) is 1. The molecule has 2 rings (SSSR count). The van der Waals surface area contributed by atoms with Crippen molar-refractivity contribution in [2.75, 3.05) is 13.2 Å². The summed E-state index contributed by atoms with van der Waals surface area (Å²) in [5.41, 5.74) is 5.02. The zero-order valence-corrected chi connectivity index (χ0v) is 13.4. The number of hydrogen-bond acceptors (Lipinski definition) is 2. The summed E-state index contributed by atoms with van der Waals surface area (Å²) in [6, 6.07) is 15.0. The van der Waals surface area contributed by atoms with Gasteiger partial charge in [0.15, 0.2) is 0 Å². The van der Waals surface area contributed by atoms with Crippen LogP contribution in [0.1, 0.15) is 35.2 Å². The number of ether oxygens (including phenoxy) is 1. The first-order chi connectivity index (χ1) is 10.1. The van der Waals surface area contributed by atoms with Gasteiger partial charge in [-0.05, 0) is 55.6 Å². The minimum absolute atomic E-state index is 0.219. The molecule has 1 N–H and O–H groups in total. The van der Waals surface area contributed by atoms with Gasteiger partial charge in [0.1, 0.15) is 12.4 Å². The fourth-order valence-corrected chi connectivity index (χ4v) is 2.52. The van der Waals surface area contributed by atoms with Crippen molar-refractivity contribution in [3.05, 3.63) is 64.7 Å². The molecule has 2 aromatic carbocycles. The Morgan fingerprint density at radius 3 is 2.48 bits per heavy atom. The highest BCUT2D eigenvalue weighted by molar-refractivity contribution is 5.36. The second kappa shape index (κ2) is 7.28. The molecule has 0 saturated heterocycles. The summed E-state index contributed by atoms with van der Waals surface area (Å²) in [7, 11) is 0. The van der Waals surface area contributed by atoms with Gasteiger partial charge in [-0.25, -0.2) is 0 Å². The van der Waals surface area contributed by atoms with Crippen LogP contribution in [0, 0.1) is 20.8 Å². The van der Waals surface area contributed by atoms with Crippen LogP contribution in [0.4, 0.5) is 0 Å². The standard InChI is InChI=1S/C19H25NO/c1-5-20-18(17-9-7-6-8-15(17)3)13-21-19-12-14(2)10-11-16(19)4/h6-12,18,20H,5,13H2,1-4H3. The molecule has 2 heteroatoms. The van der Waals surface area contributed by atoms with Crippen molar-refractivity contribution in [2.24, 2.45) is 0 Å². The third-order valence-corrected chi connectivity index (χ3v) is 3.76. The molecule has 1 atom stereocenters. The molecule has 2 aromatic rings. The third kappa shape index (κ3) is 4.08. The van der Waals surface area contributed by atoms with Crippen molar-refractivity contribution in [1.82, 2.24) is 5.32 Å². The van der Waals surface area contributed by atoms with Crippen LogP contribution in [0.25, 0.3) is 0 Å². The minimum Gasteiger partial charge on any atom is -0.491 e. The first-order valence-corrected chi connectivity index (χ1v) is 7.60. The Balaban J connectivity index is 2.14. The first-order valence-electron chi connectivity index (χ1n) is 7.60. The maximum absolute atomic E-state index is 6.08. The van der Waals surface area contributed by atoms with Gasteiger partial charge >= 0.3 is 0 Å². The lowest BCUT2D eigenvalue weighted by atomic mass is 10.0. The van der Waals surface area contributed by atoms with Gasteiger partial charge in [-0.2, -0.15) is 0 Å². The molecule has 0 radical (unpaired) electrons. The Kier molecular flexibility index (Phi) is 5.40. The first kappa shape index (κ1) is 15.6. The van der Waals surface area contributed by atoms with Crippen LogP contribution in [0.2, 0.25) is 0 Å². The summed E-state index contributed by atoms with van der Waals surface area (Å²) in [5, 5.41) is 3.52. The van der Waals surface area contributed by atoms with E-state index in [0.29, 0.717) is 6.61 Å². The van der Waals surface area contributed by atoms with Gasteiger partial charge in [-0.3, -0.25) is 0 Å². The van der Waals surface area contributed by atoms with Gasteiger partial charge in [0.25, 0.3) is 0 Å². The lowest BCUT2D eigenvalue weighted by Crippen LogP contribution is -2.27. The Morgan fingerprint density at radius 1 is 1.00 bits per heavy atom. The molecular formula is C19H25NO. The van der Waals surface area contributed by atoms with E-state index in [-0.39, 0.29) is 6.04 Å². The summed E-state index contributed by atoms with van der Waals surface area (Å²) < 4.78 is 6.08. The largest absolute Gasteiger partial charge is 0.491 e. The zero-order valence-electron chi connectivity index (χ0n) is 13.4. The number of nitrogens with one attached hydrogen (secondary N) is 1. The summed E-state index contributed by atoms with van der Waals surface area (Å²) in [6.45, 7) is 10.0. The smallest absolute Gasteiger partial charge is 0.122 e. The molecule has 0 saturated carbocycles. The fraction of sp³-hybridized carbons (Fsp3) is 0.368. The van der Waals surface area contributed by atoms with Crippen molar-refractivity contribution in [3.63, 3.8) is 0 Å². The lowest BCUT2D eigenvalue weighted by Gasteiger charge is -2.21. The Hall–Kier alpha value is -1.80. The van der Waals surface area contributed by atoms with E-state index in [2.05, 4.69) is 75.5 Å². The minimum atomic E-state index is 0.219. The maximum atomic E-state index is 6.08. The van der Waals surface area contributed by atoms with Gasteiger partial charge in [0, 0.05) is 0 Å². The number of aryl methyl sites for hydroxylation is 3. The Bertz CT molecular complexity index is 592. The normalized spacial score (nSPS) is 12.2. The van der Waals surface area contributed by atoms with E-state index in [1.54, 1.807) is 0 Å². The highest BCUT2D eigenvalue weighted by atomic mass is 16.5. The van der Waals surface area contributed by atoms with E-state index in [0.717, 1.165) is 12.3 Å². The van der Waals surface area contributed by atoms with Gasteiger partial charge < -0.3 is 10.1 Å². The van der Waals surface area contributed by atoms with Crippen LogP contribution in [0.5, 0.6) is 5.75 Å². The fourth-order valence-electron chi connectivity index (χ4n) is 2.52. The molecule has 0 aliphatic heterocycles. The predicted molar refractivity (Wildman–Crippen MR) is 89.0 cm³/mol. The van der Waals surface area contributed by atoms with E-state index in [1.807, 2.05) is 0 Å². The van der Waals surface area contributed by atoms with Crippen molar-refractivity contribution in [1.29, 1.82) is 0 Å². The highest BCUT2D eigenvalue weighted by Gasteiger charge is 2.13. The second-order valence-electron chi connectivity index (χ2n) is 5.55. The molecule has 1 unspecified atom stereocenters. The van der Waals surface area contributed by atoms with Gasteiger partial charge in [0.05, 0.1) is 6.04 Å². The highest BCUT2D eigenvalue weighted by Crippen LogP contribution is 2.23. The molecule has 0 spiro atoms. The van der Waals surface area contributed by atoms with Crippen LogP contribution in [0.3, 0.4) is 0 Å². The summed E-state index contributed by atoms with van der Waals surface area (Å²) in [6.07, 6.45) is 0. The molecule has 112 valence electrons. The molecular weight excluding hydrogens is 258 g/mol. The van der Waals surface area contributed by atoms with E-state index >= 15 is 0 Å². The molecule has 0 aliphatic rings. The van der Waals surface area contributed by atoms with E-state index in [4.69, 9.17) is 4.74 Å². The molecule has 2 nitrogen and oxygen atoms in total.